The summed E-state index contributed by atoms with van der Waals surface area (Å²) in [5, 5.41) is 6.50. The van der Waals surface area contributed by atoms with E-state index < -0.39 is 18.1 Å². The van der Waals surface area contributed by atoms with Crippen LogP contribution in [0.3, 0.4) is 0 Å². The largest absolute Gasteiger partial charge is 0.208 e. The average molecular weight is 617 g/mol. The van der Waals surface area contributed by atoms with E-state index in [-0.39, 0.29) is 23.5 Å². The molecule has 0 aliphatic carbocycles. The second kappa shape index (κ2) is 11.7. The van der Waals surface area contributed by atoms with Gasteiger partial charge in [0.25, 0.3) is 0 Å². The molecule has 0 fully saturated rings. The van der Waals surface area contributed by atoms with E-state index in [0.717, 1.165) is 54.6 Å². The molecular formula is C45H29N3. The highest BCUT2D eigenvalue weighted by Crippen LogP contribution is 2.46. The second-order valence-electron chi connectivity index (χ2n) is 11.6. The number of hydrogen-bond acceptors (Lipinski definition) is 3. The molecule has 9 rings (SSSR count). The SMILES string of the molecule is [2H]c1c([2H])c([2H])c(-c2nc(-c3ccccc3)nc(-c3ccc(-c4c5ccccc5c(-c5ccccc5)c5ccccc45)c4ccccc34)n2)c([2H])c1[2H]. The van der Waals surface area contributed by atoms with Gasteiger partial charge in [-0.25, -0.2) is 15.0 Å². The zero-order chi connectivity index (χ0) is 36.2. The number of hydrogen-bond donors (Lipinski definition) is 0. The Hall–Kier alpha value is -6.45. The molecule has 9 aromatic rings. The van der Waals surface area contributed by atoms with E-state index in [1.807, 2.05) is 60.7 Å². The highest BCUT2D eigenvalue weighted by atomic mass is 15.0. The smallest absolute Gasteiger partial charge is 0.164 e. The second-order valence-corrected chi connectivity index (χ2v) is 11.6. The molecule has 224 valence electrons. The van der Waals surface area contributed by atoms with Crippen molar-refractivity contribution < 1.29 is 6.85 Å². The van der Waals surface area contributed by atoms with Crippen molar-refractivity contribution >= 4 is 32.3 Å². The normalized spacial score (nSPS) is 12.8. The lowest BCUT2D eigenvalue weighted by atomic mass is 9.84. The van der Waals surface area contributed by atoms with Gasteiger partial charge in [-0.05, 0) is 60.6 Å². The van der Waals surface area contributed by atoms with Crippen LogP contribution >= 0.6 is 0 Å². The summed E-state index contributed by atoms with van der Waals surface area (Å²) in [7, 11) is 0. The van der Waals surface area contributed by atoms with Crippen molar-refractivity contribution in [2.24, 2.45) is 0 Å². The van der Waals surface area contributed by atoms with Crippen LogP contribution in [0.2, 0.25) is 0 Å². The Morgan fingerprint density at radius 3 is 1.31 bits per heavy atom. The molecule has 1 heterocycles. The molecule has 0 amide bonds. The Morgan fingerprint density at radius 1 is 0.312 bits per heavy atom. The zero-order valence-corrected chi connectivity index (χ0v) is 25.7. The number of rotatable bonds is 5. The molecule has 0 spiro atoms. The molecule has 0 atom stereocenters. The molecule has 3 nitrogen and oxygen atoms in total. The van der Waals surface area contributed by atoms with Gasteiger partial charge in [0, 0.05) is 16.7 Å². The lowest BCUT2D eigenvalue weighted by Crippen LogP contribution is -2.00. The Kier molecular flexibility index (Phi) is 5.61. The predicted octanol–water partition coefficient (Wildman–Crippen LogP) is 11.7. The first-order valence-corrected chi connectivity index (χ1v) is 15.8. The maximum absolute atomic E-state index is 8.71. The molecule has 0 aliphatic rings. The molecule has 0 radical (unpaired) electrons. The van der Waals surface area contributed by atoms with Crippen LogP contribution in [0.15, 0.2) is 176 Å². The van der Waals surface area contributed by atoms with E-state index in [1.165, 1.54) is 5.56 Å². The van der Waals surface area contributed by atoms with Crippen molar-refractivity contribution in [2.45, 2.75) is 0 Å². The predicted molar refractivity (Wildman–Crippen MR) is 200 cm³/mol. The topological polar surface area (TPSA) is 38.7 Å². The van der Waals surface area contributed by atoms with Gasteiger partial charge in [0.1, 0.15) is 0 Å². The molecule has 1 aromatic heterocycles. The third kappa shape index (κ3) is 4.72. The van der Waals surface area contributed by atoms with Crippen molar-refractivity contribution in [3.05, 3.63) is 176 Å². The lowest BCUT2D eigenvalue weighted by molar-refractivity contribution is 1.08. The van der Waals surface area contributed by atoms with Crippen molar-refractivity contribution in [1.29, 1.82) is 0 Å². The van der Waals surface area contributed by atoms with Gasteiger partial charge in [0.05, 0.1) is 6.85 Å². The minimum absolute atomic E-state index is 0.00694. The summed E-state index contributed by atoms with van der Waals surface area (Å²) in [6.45, 7) is 0. The molecule has 0 aliphatic heterocycles. The summed E-state index contributed by atoms with van der Waals surface area (Å²) >= 11 is 0. The number of benzene rings is 8. The van der Waals surface area contributed by atoms with E-state index in [1.54, 1.807) is 0 Å². The Morgan fingerprint density at radius 2 is 0.729 bits per heavy atom. The van der Waals surface area contributed by atoms with E-state index in [9.17, 15) is 0 Å². The van der Waals surface area contributed by atoms with Gasteiger partial charge in [-0.2, -0.15) is 0 Å². The summed E-state index contributed by atoms with van der Waals surface area (Å²) in [6, 6.07) is 47.2. The van der Waals surface area contributed by atoms with E-state index in [2.05, 4.69) is 89.9 Å². The van der Waals surface area contributed by atoms with Gasteiger partial charge in [0.15, 0.2) is 17.5 Å². The Balaban J connectivity index is 1.33. The van der Waals surface area contributed by atoms with Crippen LogP contribution in [0, 0.1) is 0 Å². The molecule has 3 heteroatoms. The average Bonchev–Trinajstić information content (AvgIpc) is 3.21. The molecular weight excluding hydrogens is 583 g/mol. The minimum Gasteiger partial charge on any atom is -0.208 e. The molecule has 0 N–H and O–H groups in total. The maximum Gasteiger partial charge on any atom is 0.164 e. The number of fused-ring (bicyclic) bond motifs is 3. The van der Waals surface area contributed by atoms with Crippen LogP contribution in [0.1, 0.15) is 6.85 Å². The molecule has 0 saturated carbocycles. The molecule has 0 unspecified atom stereocenters. The van der Waals surface area contributed by atoms with Gasteiger partial charge in [-0.15, -0.1) is 0 Å². The zero-order valence-electron chi connectivity index (χ0n) is 30.7. The summed E-state index contributed by atoms with van der Waals surface area (Å²) < 4.78 is 42.2. The lowest BCUT2D eigenvalue weighted by Gasteiger charge is -2.19. The van der Waals surface area contributed by atoms with Crippen LogP contribution in [0.25, 0.3) is 88.7 Å². The van der Waals surface area contributed by atoms with Crippen LogP contribution in [-0.2, 0) is 0 Å². The monoisotopic (exact) mass is 616 g/mol. The van der Waals surface area contributed by atoms with Crippen molar-refractivity contribution in [1.82, 2.24) is 15.0 Å². The minimum atomic E-state index is -0.472. The van der Waals surface area contributed by atoms with Gasteiger partial charge >= 0.3 is 0 Å². The standard InChI is InChI=1S/C45H29N3/c1-4-16-30(17-5-1)41-35-24-12-14-26-37(35)42(38-27-15-13-25-36(38)41)39-28-29-40(34-23-11-10-22-33(34)39)45-47-43(31-18-6-2-7-19-31)46-44(48-45)32-20-8-3-9-21-32/h1-29H/i2D,6D,7D,18D,19D. The highest BCUT2D eigenvalue weighted by Gasteiger charge is 2.20. The fraction of sp³-hybridized carbons (Fsp3) is 0. The number of aromatic nitrogens is 3. The van der Waals surface area contributed by atoms with Crippen LogP contribution in [0.4, 0.5) is 0 Å². The van der Waals surface area contributed by atoms with Gasteiger partial charge in [-0.3, -0.25) is 0 Å². The maximum atomic E-state index is 8.71. The van der Waals surface area contributed by atoms with Crippen molar-refractivity contribution in [2.75, 3.05) is 0 Å². The molecule has 0 saturated heterocycles. The van der Waals surface area contributed by atoms with Crippen molar-refractivity contribution in [3.8, 4) is 56.4 Å². The molecule has 8 aromatic carbocycles. The summed E-state index contributed by atoms with van der Waals surface area (Å²) in [5.41, 5.74) is 5.90. The quantitative estimate of drug-likeness (QED) is 0.181. The summed E-state index contributed by atoms with van der Waals surface area (Å²) in [4.78, 5) is 14.5. The fourth-order valence-corrected chi connectivity index (χ4v) is 6.73. The molecule has 48 heavy (non-hydrogen) atoms. The van der Waals surface area contributed by atoms with Crippen LogP contribution in [-0.4, -0.2) is 15.0 Å². The van der Waals surface area contributed by atoms with E-state index >= 15 is 0 Å². The van der Waals surface area contributed by atoms with Crippen LogP contribution < -0.4 is 0 Å². The van der Waals surface area contributed by atoms with Crippen molar-refractivity contribution in [3.63, 3.8) is 0 Å². The first-order chi connectivity index (χ1) is 25.9. The summed E-state index contributed by atoms with van der Waals surface area (Å²) in [6.07, 6.45) is 0. The Labute approximate surface area is 285 Å². The third-order valence-electron chi connectivity index (χ3n) is 8.82. The Bertz CT molecular complexity index is 2810. The number of nitrogens with zero attached hydrogens (tertiary/aromatic N) is 3. The van der Waals surface area contributed by atoms with Gasteiger partial charge in [0.2, 0.25) is 0 Å². The van der Waals surface area contributed by atoms with Gasteiger partial charge in [-0.1, -0.05) is 170 Å². The first-order valence-electron chi connectivity index (χ1n) is 18.3. The van der Waals surface area contributed by atoms with E-state index in [4.69, 9.17) is 16.8 Å². The van der Waals surface area contributed by atoms with E-state index in [0.29, 0.717) is 17.2 Å². The van der Waals surface area contributed by atoms with Crippen LogP contribution in [0.5, 0.6) is 0 Å². The highest BCUT2D eigenvalue weighted by molar-refractivity contribution is 6.24. The molecule has 0 bridgehead atoms. The van der Waals surface area contributed by atoms with Gasteiger partial charge < -0.3 is 0 Å². The fourth-order valence-electron chi connectivity index (χ4n) is 6.73. The summed E-state index contributed by atoms with van der Waals surface area (Å²) in [5.74, 6) is 0.670. The first kappa shape index (κ1) is 23.0. The third-order valence-corrected chi connectivity index (χ3v) is 8.82.